The van der Waals surface area contributed by atoms with E-state index in [1.165, 1.54) is 4.31 Å². The summed E-state index contributed by atoms with van der Waals surface area (Å²) in [5.41, 5.74) is -2.66. The van der Waals surface area contributed by atoms with Crippen molar-refractivity contribution in [1.82, 2.24) is 4.31 Å². The number of piperidine rings is 1. The maximum absolute atomic E-state index is 13.0. The van der Waals surface area contributed by atoms with Crippen molar-refractivity contribution in [3.63, 3.8) is 0 Å². The Hall–Kier alpha value is -1.81. The zero-order chi connectivity index (χ0) is 18.1. The molecule has 134 valence electrons. The van der Waals surface area contributed by atoms with E-state index < -0.39 is 33.5 Å². The minimum absolute atomic E-state index is 0.162. The van der Waals surface area contributed by atoms with E-state index in [1.807, 2.05) is 6.92 Å². The predicted molar refractivity (Wildman–Crippen MR) is 80.9 cm³/mol. The lowest BCUT2D eigenvalue weighted by Crippen LogP contribution is -2.42. The van der Waals surface area contributed by atoms with Crippen molar-refractivity contribution in [3.8, 4) is 0 Å². The molecule has 1 atom stereocenters. The number of nitrogens with zero attached hydrogens (tertiary/aromatic N) is 1. The van der Waals surface area contributed by atoms with Crippen molar-refractivity contribution in [1.29, 1.82) is 0 Å². The van der Waals surface area contributed by atoms with E-state index in [0.29, 0.717) is 19.0 Å². The normalized spacial score (nSPS) is 19.9. The Morgan fingerprint density at radius 1 is 1.38 bits per heavy atom. The average Bonchev–Trinajstić information content (AvgIpc) is 2.45. The molecule has 1 aliphatic rings. The van der Waals surface area contributed by atoms with Crippen LogP contribution < -0.4 is 4.72 Å². The molecule has 1 saturated heterocycles. The molecule has 6 nitrogen and oxygen atoms in total. The SMILES string of the molecule is CC1CCCN(S(=O)(=O)Nc2ccc(C(=O)O)c(C(F)(F)F)c2)C1. The number of benzene rings is 1. The topological polar surface area (TPSA) is 86.7 Å². The largest absolute Gasteiger partial charge is 0.478 e. The van der Waals surface area contributed by atoms with Crippen molar-refractivity contribution in [3.05, 3.63) is 29.3 Å². The minimum atomic E-state index is -4.91. The summed E-state index contributed by atoms with van der Waals surface area (Å²) in [6, 6.07) is 2.24. The minimum Gasteiger partial charge on any atom is -0.478 e. The van der Waals surface area contributed by atoms with Crippen LogP contribution in [0.3, 0.4) is 0 Å². The van der Waals surface area contributed by atoms with E-state index in [1.54, 1.807) is 0 Å². The van der Waals surface area contributed by atoms with Crippen LogP contribution in [0.4, 0.5) is 18.9 Å². The van der Waals surface area contributed by atoms with Gasteiger partial charge in [0.25, 0.3) is 0 Å². The lowest BCUT2D eigenvalue weighted by molar-refractivity contribution is -0.138. The van der Waals surface area contributed by atoms with Crippen LogP contribution in [-0.4, -0.2) is 36.9 Å². The Bertz CT molecular complexity index is 734. The third-order valence-corrected chi connectivity index (χ3v) is 5.27. The summed E-state index contributed by atoms with van der Waals surface area (Å²) in [7, 11) is -4.00. The van der Waals surface area contributed by atoms with Crippen LogP contribution in [0.1, 0.15) is 35.7 Å². The molecule has 1 heterocycles. The number of halogens is 3. The van der Waals surface area contributed by atoms with Crippen molar-refractivity contribution in [2.75, 3.05) is 17.8 Å². The number of hydrogen-bond acceptors (Lipinski definition) is 3. The summed E-state index contributed by atoms with van der Waals surface area (Å²) < 4.78 is 66.8. The summed E-state index contributed by atoms with van der Waals surface area (Å²) in [4.78, 5) is 10.9. The smallest absolute Gasteiger partial charge is 0.417 e. The van der Waals surface area contributed by atoms with Gasteiger partial charge >= 0.3 is 22.4 Å². The Labute approximate surface area is 137 Å². The van der Waals surface area contributed by atoms with Gasteiger partial charge in [-0.3, -0.25) is 4.72 Å². The van der Waals surface area contributed by atoms with Crippen LogP contribution in [0.5, 0.6) is 0 Å². The van der Waals surface area contributed by atoms with Gasteiger partial charge in [-0.15, -0.1) is 0 Å². The van der Waals surface area contributed by atoms with Gasteiger partial charge in [-0.05, 0) is 37.0 Å². The number of anilines is 1. The van der Waals surface area contributed by atoms with E-state index in [4.69, 9.17) is 5.11 Å². The molecule has 0 aliphatic carbocycles. The molecule has 1 aromatic rings. The van der Waals surface area contributed by atoms with Crippen LogP contribution >= 0.6 is 0 Å². The number of aromatic carboxylic acids is 1. The molecule has 0 aromatic heterocycles. The molecular weight excluding hydrogens is 349 g/mol. The van der Waals surface area contributed by atoms with Gasteiger partial charge in [0, 0.05) is 13.1 Å². The van der Waals surface area contributed by atoms with E-state index in [2.05, 4.69) is 4.72 Å². The van der Waals surface area contributed by atoms with Gasteiger partial charge < -0.3 is 5.11 Å². The fourth-order valence-electron chi connectivity index (χ4n) is 2.61. The van der Waals surface area contributed by atoms with Crippen molar-refractivity contribution in [2.24, 2.45) is 5.92 Å². The zero-order valence-corrected chi connectivity index (χ0v) is 13.6. The van der Waals surface area contributed by atoms with E-state index in [9.17, 15) is 26.4 Å². The molecule has 10 heteroatoms. The van der Waals surface area contributed by atoms with E-state index in [0.717, 1.165) is 18.6 Å². The standard InChI is InChI=1S/C14H17F3N2O4S/c1-9-3-2-6-19(8-9)24(22,23)18-10-4-5-11(13(20)21)12(7-10)14(15,16)17/h4-5,7,9,18H,2-3,6,8H2,1H3,(H,20,21). The molecule has 1 aliphatic heterocycles. The third-order valence-electron chi connectivity index (χ3n) is 3.76. The van der Waals surface area contributed by atoms with E-state index in [-0.39, 0.29) is 18.2 Å². The van der Waals surface area contributed by atoms with Crippen molar-refractivity contribution >= 4 is 21.9 Å². The molecule has 0 spiro atoms. The number of nitrogens with one attached hydrogen (secondary N) is 1. The molecule has 1 unspecified atom stereocenters. The van der Waals surface area contributed by atoms with Gasteiger partial charge in [0.1, 0.15) is 0 Å². The number of alkyl halides is 3. The first-order valence-electron chi connectivity index (χ1n) is 7.23. The molecule has 0 amide bonds. The highest BCUT2D eigenvalue weighted by atomic mass is 32.2. The van der Waals surface area contributed by atoms with Gasteiger partial charge in [0.15, 0.2) is 0 Å². The van der Waals surface area contributed by atoms with Crippen LogP contribution in [0.25, 0.3) is 0 Å². The number of hydrogen-bond donors (Lipinski definition) is 2. The first-order valence-corrected chi connectivity index (χ1v) is 8.67. The van der Waals surface area contributed by atoms with Crippen LogP contribution in [-0.2, 0) is 16.4 Å². The lowest BCUT2D eigenvalue weighted by atomic mass is 10.0. The molecule has 2 N–H and O–H groups in total. The fraction of sp³-hybridized carbons (Fsp3) is 0.500. The molecule has 1 fully saturated rings. The van der Waals surface area contributed by atoms with Crippen molar-refractivity contribution < 1.29 is 31.5 Å². The Balaban J connectivity index is 2.31. The van der Waals surface area contributed by atoms with Gasteiger partial charge in [-0.25, -0.2) is 4.79 Å². The number of rotatable bonds is 4. The maximum atomic E-state index is 13.0. The highest BCUT2D eigenvalue weighted by Crippen LogP contribution is 2.34. The number of carboxylic acids is 1. The van der Waals surface area contributed by atoms with Crippen LogP contribution in [0.15, 0.2) is 18.2 Å². The summed E-state index contributed by atoms with van der Waals surface area (Å²) in [5.74, 6) is -1.57. The maximum Gasteiger partial charge on any atom is 0.417 e. The zero-order valence-electron chi connectivity index (χ0n) is 12.8. The molecule has 0 saturated carbocycles. The van der Waals surface area contributed by atoms with Gasteiger partial charge in [0.2, 0.25) is 0 Å². The Kier molecular flexibility index (Phi) is 5.09. The molecule has 0 radical (unpaired) electrons. The number of carbonyl (C=O) groups is 1. The quantitative estimate of drug-likeness (QED) is 0.858. The fourth-order valence-corrected chi connectivity index (χ4v) is 3.98. The van der Waals surface area contributed by atoms with E-state index >= 15 is 0 Å². The van der Waals surface area contributed by atoms with Crippen molar-refractivity contribution in [2.45, 2.75) is 25.9 Å². The molecule has 24 heavy (non-hydrogen) atoms. The number of carboxylic acid groups (broad SMARTS) is 1. The van der Waals surface area contributed by atoms with Crippen LogP contribution in [0.2, 0.25) is 0 Å². The molecule has 0 bridgehead atoms. The van der Waals surface area contributed by atoms with Crippen LogP contribution in [0, 0.1) is 5.92 Å². The summed E-state index contributed by atoms with van der Waals surface area (Å²) in [6.45, 7) is 2.47. The van der Waals surface area contributed by atoms with Gasteiger partial charge in [0.05, 0.1) is 16.8 Å². The van der Waals surface area contributed by atoms with Gasteiger partial charge in [-0.2, -0.15) is 25.9 Å². The lowest BCUT2D eigenvalue weighted by Gasteiger charge is -2.30. The highest BCUT2D eigenvalue weighted by Gasteiger charge is 2.36. The summed E-state index contributed by atoms with van der Waals surface area (Å²) >= 11 is 0. The monoisotopic (exact) mass is 366 g/mol. The molecular formula is C14H17F3N2O4S. The third kappa shape index (κ3) is 4.18. The Morgan fingerprint density at radius 2 is 2.04 bits per heavy atom. The summed E-state index contributed by atoms with van der Waals surface area (Å²) in [6.07, 6.45) is -3.35. The molecule has 2 rings (SSSR count). The highest BCUT2D eigenvalue weighted by molar-refractivity contribution is 7.90. The second kappa shape index (κ2) is 6.60. The predicted octanol–water partition coefficient (Wildman–Crippen LogP) is 2.79. The Morgan fingerprint density at radius 3 is 2.58 bits per heavy atom. The average molecular weight is 366 g/mol. The second-order valence-electron chi connectivity index (χ2n) is 5.78. The molecule has 1 aromatic carbocycles. The first kappa shape index (κ1) is 18.5. The second-order valence-corrected chi connectivity index (χ2v) is 7.45. The van der Waals surface area contributed by atoms with Gasteiger partial charge in [-0.1, -0.05) is 6.92 Å². The summed E-state index contributed by atoms with van der Waals surface area (Å²) in [5, 5.41) is 8.84. The first-order chi connectivity index (χ1) is 11.0.